The van der Waals surface area contributed by atoms with E-state index in [1.165, 1.54) is 0 Å². The molecule has 3 nitrogen and oxygen atoms in total. The van der Waals surface area contributed by atoms with E-state index in [1.54, 1.807) is 4.57 Å². The SMILES string of the molecule is CCCCn1c(CC)nc(-c2cc(F)c(F)cc2F)c1N. The highest BCUT2D eigenvalue weighted by Gasteiger charge is 2.20. The number of imidazole rings is 1. The molecular weight excluding hydrogens is 279 g/mol. The minimum absolute atomic E-state index is 0.114. The van der Waals surface area contributed by atoms with E-state index in [0.717, 1.165) is 18.9 Å². The summed E-state index contributed by atoms with van der Waals surface area (Å²) in [6, 6.07) is 1.31. The van der Waals surface area contributed by atoms with E-state index >= 15 is 0 Å². The molecule has 0 unspecified atom stereocenters. The quantitative estimate of drug-likeness (QED) is 0.850. The van der Waals surface area contributed by atoms with Gasteiger partial charge < -0.3 is 10.3 Å². The molecule has 2 rings (SSSR count). The van der Waals surface area contributed by atoms with Gasteiger partial charge in [-0.05, 0) is 12.5 Å². The van der Waals surface area contributed by atoms with Crippen molar-refractivity contribution in [3.63, 3.8) is 0 Å². The van der Waals surface area contributed by atoms with Crippen LogP contribution in [-0.2, 0) is 13.0 Å². The van der Waals surface area contributed by atoms with Gasteiger partial charge in [-0.15, -0.1) is 0 Å². The first-order valence-electron chi connectivity index (χ1n) is 6.99. The molecule has 2 N–H and O–H groups in total. The Hall–Kier alpha value is -1.98. The van der Waals surface area contributed by atoms with Crippen molar-refractivity contribution in [3.8, 4) is 11.3 Å². The second-order valence-corrected chi connectivity index (χ2v) is 4.87. The summed E-state index contributed by atoms with van der Waals surface area (Å²) in [7, 11) is 0. The summed E-state index contributed by atoms with van der Waals surface area (Å²) in [6.45, 7) is 4.63. The zero-order valence-electron chi connectivity index (χ0n) is 12.1. The first-order valence-corrected chi connectivity index (χ1v) is 6.99. The number of aromatic nitrogens is 2. The average molecular weight is 297 g/mol. The summed E-state index contributed by atoms with van der Waals surface area (Å²) >= 11 is 0. The van der Waals surface area contributed by atoms with Gasteiger partial charge in [0.2, 0.25) is 0 Å². The van der Waals surface area contributed by atoms with Gasteiger partial charge in [-0.1, -0.05) is 20.3 Å². The molecule has 0 amide bonds. The number of rotatable bonds is 5. The van der Waals surface area contributed by atoms with Crippen molar-refractivity contribution in [2.75, 3.05) is 5.73 Å². The molecule has 6 heteroatoms. The van der Waals surface area contributed by atoms with Crippen LogP contribution in [0.5, 0.6) is 0 Å². The van der Waals surface area contributed by atoms with Gasteiger partial charge in [0.05, 0.1) is 0 Å². The minimum atomic E-state index is -1.23. The molecule has 0 aliphatic heterocycles. The molecule has 114 valence electrons. The van der Waals surface area contributed by atoms with Crippen LogP contribution in [0.1, 0.15) is 32.5 Å². The van der Waals surface area contributed by atoms with Crippen LogP contribution in [-0.4, -0.2) is 9.55 Å². The van der Waals surface area contributed by atoms with Crippen LogP contribution in [0.4, 0.5) is 19.0 Å². The number of benzene rings is 1. The lowest BCUT2D eigenvalue weighted by Crippen LogP contribution is -2.07. The summed E-state index contributed by atoms with van der Waals surface area (Å²) in [6.07, 6.45) is 2.52. The molecule has 0 spiro atoms. The molecule has 0 aliphatic rings. The van der Waals surface area contributed by atoms with Gasteiger partial charge in [-0.3, -0.25) is 0 Å². The molecule has 0 aliphatic carbocycles. The summed E-state index contributed by atoms with van der Waals surface area (Å²) in [5.41, 5.74) is 6.08. The van der Waals surface area contributed by atoms with Crippen LogP contribution in [0.25, 0.3) is 11.3 Å². The molecule has 1 heterocycles. The van der Waals surface area contributed by atoms with E-state index in [2.05, 4.69) is 11.9 Å². The largest absolute Gasteiger partial charge is 0.383 e. The van der Waals surface area contributed by atoms with Crippen LogP contribution in [0.3, 0.4) is 0 Å². The lowest BCUT2D eigenvalue weighted by Gasteiger charge is -2.08. The Balaban J connectivity index is 2.54. The van der Waals surface area contributed by atoms with Gasteiger partial charge in [0, 0.05) is 24.6 Å². The Labute approximate surface area is 121 Å². The topological polar surface area (TPSA) is 43.8 Å². The highest BCUT2D eigenvalue weighted by atomic mass is 19.2. The number of nitrogen functional groups attached to an aromatic ring is 1. The summed E-state index contributed by atoms with van der Waals surface area (Å²) < 4.78 is 42.1. The van der Waals surface area contributed by atoms with Gasteiger partial charge in [0.15, 0.2) is 11.6 Å². The monoisotopic (exact) mass is 297 g/mol. The van der Waals surface area contributed by atoms with Crippen molar-refractivity contribution >= 4 is 5.82 Å². The Morgan fingerprint density at radius 2 is 1.76 bits per heavy atom. The van der Waals surface area contributed by atoms with E-state index in [0.29, 0.717) is 24.9 Å². The standard InChI is InChI=1S/C15H18F3N3/c1-3-5-6-21-13(4-2)20-14(15(21)19)9-7-11(17)12(18)8-10(9)16/h7-8H,3-6,19H2,1-2H3. The molecule has 0 fully saturated rings. The summed E-state index contributed by atoms with van der Waals surface area (Å²) in [5.74, 6) is -2.23. The number of hydrogen-bond donors (Lipinski definition) is 1. The van der Waals surface area contributed by atoms with E-state index in [-0.39, 0.29) is 17.1 Å². The van der Waals surface area contributed by atoms with Crippen molar-refractivity contribution in [2.45, 2.75) is 39.7 Å². The van der Waals surface area contributed by atoms with E-state index < -0.39 is 17.5 Å². The number of halogens is 3. The minimum Gasteiger partial charge on any atom is -0.383 e. The van der Waals surface area contributed by atoms with Crippen molar-refractivity contribution in [1.29, 1.82) is 0 Å². The van der Waals surface area contributed by atoms with E-state index in [1.807, 2.05) is 6.92 Å². The molecule has 0 radical (unpaired) electrons. The maximum Gasteiger partial charge on any atom is 0.161 e. The summed E-state index contributed by atoms with van der Waals surface area (Å²) in [4.78, 5) is 4.29. The van der Waals surface area contributed by atoms with Gasteiger partial charge in [-0.2, -0.15) is 0 Å². The van der Waals surface area contributed by atoms with Crippen LogP contribution in [0, 0.1) is 17.5 Å². The maximum absolute atomic E-state index is 13.9. The molecule has 21 heavy (non-hydrogen) atoms. The van der Waals surface area contributed by atoms with Crippen LogP contribution >= 0.6 is 0 Å². The molecule has 0 atom stereocenters. The Bertz CT molecular complexity index is 650. The number of unbranched alkanes of at least 4 members (excludes halogenated alkanes) is 1. The fourth-order valence-electron chi connectivity index (χ4n) is 2.25. The molecule has 0 saturated carbocycles. The maximum atomic E-state index is 13.9. The predicted molar refractivity (Wildman–Crippen MR) is 76.2 cm³/mol. The fourth-order valence-corrected chi connectivity index (χ4v) is 2.25. The van der Waals surface area contributed by atoms with E-state index in [4.69, 9.17) is 5.73 Å². The fraction of sp³-hybridized carbons (Fsp3) is 0.400. The van der Waals surface area contributed by atoms with Crippen LogP contribution in [0.15, 0.2) is 12.1 Å². The molecular formula is C15H18F3N3. The number of nitrogens with two attached hydrogens (primary N) is 1. The normalized spacial score (nSPS) is 11.1. The van der Waals surface area contributed by atoms with Gasteiger partial charge in [-0.25, -0.2) is 18.2 Å². The van der Waals surface area contributed by atoms with E-state index in [9.17, 15) is 13.2 Å². The molecule has 1 aromatic carbocycles. The highest BCUT2D eigenvalue weighted by Crippen LogP contribution is 2.30. The smallest absolute Gasteiger partial charge is 0.161 e. The van der Waals surface area contributed by atoms with Gasteiger partial charge in [0.1, 0.15) is 23.2 Å². The average Bonchev–Trinajstić information content (AvgIpc) is 2.77. The first kappa shape index (κ1) is 15.4. The zero-order chi connectivity index (χ0) is 15.6. The van der Waals surface area contributed by atoms with Crippen molar-refractivity contribution in [3.05, 3.63) is 35.4 Å². The zero-order valence-corrected chi connectivity index (χ0v) is 12.1. The van der Waals surface area contributed by atoms with Crippen molar-refractivity contribution < 1.29 is 13.2 Å². The Kier molecular flexibility index (Phi) is 4.55. The molecule has 2 aromatic rings. The number of aryl methyl sites for hydroxylation is 1. The van der Waals surface area contributed by atoms with Gasteiger partial charge >= 0.3 is 0 Å². The van der Waals surface area contributed by atoms with Crippen molar-refractivity contribution in [1.82, 2.24) is 9.55 Å². The summed E-state index contributed by atoms with van der Waals surface area (Å²) in [5, 5.41) is 0. The predicted octanol–water partition coefficient (Wildman–Crippen LogP) is 3.91. The Morgan fingerprint density at radius 1 is 1.10 bits per heavy atom. The van der Waals surface area contributed by atoms with Gasteiger partial charge in [0.25, 0.3) is 0 Å². The highest BCUT2D eigenvalue weighted by molar-refractivity contribution is 5.71. The third-order valence-corrected chi connectivity index (χ3v) is 3.40. The molecule has 1 aromatic heterocycles. The van der Waals surface area contributed by atoms with Crippen molar-refractivity contribution in [2.24, 2.45) is 0 Å². The number of anilines is 1. The lowest BCUT2D eigenvalue weighted by molar-refractivity contribution is 0.496. The number of hydrogen-bond acceptors (Lipinski definition) is 2. The molecule has 0 saturated heterocycles. The first-order chi connectivity index (χ1) is 9.99. The molecule has 0 bridgehead atoms. The third-order valence-electron chi connectivity index (χ3n) is 3.40. The number of nitrogens with zero attached hydrogens (tertiary/aromatic N) is 2. The van der Waals surface area contributed by atoms with Crippen LogP contribution in [0.2, 0.25) is 0 Å². The second kappa shape index (κ2) is 6.20. The second-order valence-electron chi connectivity index (χ2n) is 4.87. The van der Waals surface area contributed by atoms with Crippen LogP contribution < -0.4 is 5.73 Å². The lowest BCUT2D eigenvalue weighted by atomic mass is 10.1. The third kappa shape index (κ3) is 2.89. The Morgan fingerprint density at radius 3 is 2.38 bits per heavy atom.